The second-order valence-electron chi connectivity index (χ2n) is 11.0. The van der Waals surface area contributed by atoms with Crippen molar-refractivity contribution in [2.75, 3.05) is 13.2 Å². The van der Waals surface area contributed by atoms with Gasteiger partial charge < -0.3 is 9.47 Å². The minimum atomic E-state index is -0.196. The van der Waals surface area contributed by atoms with E-state index in [9.17, 15) is 9.59 Å². The number of ether oxygens (including phenoxy) is 2. The molecule has 0 aromatic heterocycles. The van der Waals surface area contributed by atoms with Gasteiger partial charge in [0.05, 0.1) is 19.1 Å². The minimum Gasteiger partial charge on any atom is -0.465 e. The highest BCUT2D eigenvalue weighted by Gasteiger charge is 2.73. The van der Waals surface area contributed by atoms with Crippen LogP contribution in [0.25, 0.3) is 0 Å². The van der Waals surface area contributed by atoms with E-state index in [1.54, 1.807) is 0 Å². The summed E-state index contributed by atoms with van der Waals surface area (Å²) in [6, 6.07) is 0. The van der Waals surface area contributed by atoms with Crippen LogP contribution in [0.1, 0.15) is 66.2 Å². The van der Waals surface area contributed by atoms with Crippen LogP contribution in [0.15, 0.2) is 12.2 Å². The molecule has 4 heteroatoms. The van der Waals surface area contributed by atoms with Crippen molar-refractivity contribution in [2.24, 2.45) is 46.3 Å². The lowest BCUT2D eigenvalue weighted by Gasteiger charge is -2.49. The van der Waals surface area contributed by atoms with Gasteiger partial charge in [-0.25, -0.2) is 4.79 Å². The highest BCUT2D eigenvalue weighted by molar-refractivity contribution is 5.90. The fraction of sp³-hybridized carbons (Fsp3) is 0.833. The standard InChI is InChI=1S/C24H36O4/c1-6-9-27-21(25)14(2)24-16-8-7-15(10-16)20(24)18-11-17(24)12-19(18)22(26)28-13-23(3,4)5/h15-20H,2,6-13H2,1,3-5H3. The van der Waals surface area contributed by atoms with Crippen LogP contribution < -0.4 is 0 Å². The molecule has 0 saturated heterocycles. The van der Waals surface area contributed by atoms with E-state index in [4.69, 9.17) is 9.47 Å². The first kappa shape index (κ1) is 20.0. The maximum Gasteiger partial charge on any atom is 0.333 e. The van der Waals surface area contributed by atoms with E-state index >= 15 is 0 Å². The lowest BCUT2D eigenvalue weighted by atomic mass is 9.54. The number of fused-ring (bicyclic) bond motifs is 9. The summed E-state index contributed by atoms with van der Waals surface area (Å²) in [4.78, 5) is 25.7. The van der Waals surface area contributed by atoms with Crippen LogP contribution in [0.3, 0.4) is 0 Å². The molecule has 0 aromatic carbocycles. The number of hydrogen-bond donors (Lipinski definition) is 0. The van der Waals surface area contributed by atoms with Gasteiger partial charge in [0.15, 0.2) is 0 Å². The Morgan fingerprint density at radius 1 is 1.07 bits per heavy atom. The van der Waals surface area contributed by atoms with Gasteiger partial charge in [-0.05, 0) is 73.5 Å². The summed E-state index contributed by atoms with van der Waals surface area (Å²) in [5.74, 6) is 2.12. The molecule has 7 atom stereocenters. The molecule has 4 saturated carbocycles. The summed E-state index contributed by atoms with van der Waals surface area (Å²) >= 11 is 0. The average Bonchev–Trinajstić information content (AvgIpc) is 3.40. The predicted molar refractivity (Wildman–Crippen MR) is 107 cm³/mol. The zero-order valence-corrected chi connectivity index (χ0v) is 18.0. The Labute approximate surface area is 169 Å². The fourth-order valence-corrected chi connectivity index (χ4v) is 7.42. The molecule has 0 spiro atoms. The second-order valence-corrected chi connectivity index (χ2v) is 11.0. The van der Waals surface area contributed by atoms with Crippen molar-refractivity contribution in [3.63, 3.8) is 0 Å². The van der Waals surface area contributed by atoms with E-state index in [1.807, 2.05) is 6.92 Å². The van der Waals surface area contributed by atoms with E-state index in [-0.39, 0.29) is 28.7 Å². The van der Waals surface area contributed by atoms with Gasteiger partial charge in [-0.1, -0.05) is 34.3 Å². The van der Waals surface area contributed by atoms with E-state index in [0.717, 1.165) is 19.3 Å². The van der Waals surface area contributed by atoms with Gasteiger partial charge >= 0.3 is 11.9 Å². The molecule has 28 heavy (non-hydrogen) atoms. The van der Waals surface area contributed by atoms with Crippen molar-refractivity contribution in [2.45, 2.75) is 66.2 Å². The average molecular weight is 389 g/mol. The molecule has 0 radical (unpaired) electrons. The van der Waals surface area contributed by atoms with Crippen LogP contribution in [0.2, 0.25) is 0 Å². The van der Waals surface area contributed by atoms with Gasteiger partial charge in [-0.3, -0.25) is 4.79 Å². The molecule has 4 nitrogen and oxygen atoms in total. The minimum absolute atomic E-state index is 0.00397. The third-order valence-corrected chi connectivity index (χ3v) is 8.11. The first-order chi connectivity index (χ1) is 13.2. The van der Waals surface area contributed by atoms with Crippen molar-refractivity contribution in [1.29, 1.82) is 0 Å². The summed E-state index contributed by atoms with van der Waals surface area (Å²) in [6.07, 6.45) is 6.36. The largest absolute Gasteiger partial charge is 0.465 e. The quantitative estimate of drug-likeness (QED) is 0.373. The lowest BCUT2D eigenvalue weighted by Crippen LogP contribution is -2.48. The predicted octanol–water partition coefficient (Wildman–Crippen LogP) is 4.77. The van der Waals surface area contributed by atoms with E-state index < -0.39 is 0 Å². The van der Waals surface area contributed by atoms with Crippen molar-refractivity contribution < 1.29 is 19.1 Å². The summed E-state index contributed by atoms with van der Waals surface area (Å²) in [5, 5.41) is 0. The highest BCUT2D eigenvalue weighted by atomic mass is 16.5. The summed E-state index contributed by atoms with van der Waals surface area (Å²) < 4.78 is 11.2. The lowest BCUT2D eigenvalue weighted by molar-refractivity contribution is -0.156. The molecule has 4 fully saturated rings. The smallest absolute Gasteiger partial charge is 0.333 e. The number of carbonyl (C=O) groups excluding carboxylic acids is 2. The SMILES string of the molecule is C=C(C(=O)OCCC)C12C3CCC(C3)C1C1CC2CC1C(=O)OCC(C)(C)C. The molecule has 0 aliphatic heterocycles. The number of hydrogen-bond acceptors (Lipinski definition) is 4. The highest BCUT2D eigenvalue weighted by Crippen LogP contribution is 2.77. The number of esters is 2. The second kappa shape index (κ2) is 6.88. The molecule has 4 aliphatic carbocycles. The molecule has 0 heterocycles. The third-order valence-electron chi connectivity index (χ3n) is 8.11. The molecule has 0 aromatic rings. The molecule has 156 valence electrons. The Kier molecular flexibility index (Phi) is 4.91. The Balaban J connectivity index is 1.55. The van der Waals surface area contributed by atoms with Crippen LogP contribution in [-0.2, 0) is 19.1 Å². The Morgan fingerprint density at radius 3 is 2.50 bits per heavy atom. The first-order valence-electron chi connectivity index (χ1n) is 11.2. The normalized spacial score (nSPS) is 40.4. The molecular formula is C24H36O4. The molecule has 4 rings (SSSR count). The van der Waals surface area contributed by atoms with Crippen molar-refractivity contribution in [3.05, 3.63) is 12.2 Å². The molecule has 0 N–H and O–H groups in total. The monoisotopic (exact) mass is 388 g/mol. The summed E-state index contributed by atoms with van der Waals surface area (Å²) in [7, 11) is 0. The topological polar surface area (TPSA) is 52.6 Å². The summed E-state index contributed by atoms with van der Waals surface area (Å²) in [6.45, 7) is 13.5. The Hall–Kier alpha value is -1.32. The number of carbonyl (C=O) groups is 2. The Morgan fingerprint density at radius 2 is 1.82 bits per heavy atom. The van der Waals surface area contributed by atoms with Crippen molar-refractivity contribution in [1.82, 2.24) is 0 Å². The molecular weight excluding hydrogens is 352 g/mol. The van der Waals surface area contributed by atoms with Gasteiger partial charge in [-0.2, -0.15) is 0 Å². The van der Waals surface area contributed by atoms with Crippen LogP contribution in [0.4, 0.5) is 0 Å². The van der Waals surface area contributed by atoms with Gasteiger partial charge in [0.2, 0.25) is 0 Å². The van der Waals surface area contributed by atoms with Gasteiger partial charge in [0.25, 0.3) is 0 Å². The van der Waals surface area contributed by atoms with Crippen LogP contribution in [0.5, 0.6) is 0 Å². The van der Waals surface area contributed by atoms with E-state index in [2.05, 4.69) is 27.4 Å². The van der Waals surface area contributed by atoms with Gasteiger partial charge in [0.1, 0.15) is 0 Å². The maximum absolute atomic E-state index is 12.9. The van der Waals surface area contributed by atoms with Crippen molar-refractivity contribution in [3.8, 4) is 0 Å². The van der Waals surface area contributed by atoms with Crippen LogP contribution in [0, 0.1) is 46.3 Å². The molecule has 7 unspecified atom stereocenters. The summed E-state index contributed by atoms with van der Waals surface area (Å²) in [5.41, 5.74) is 0.590. The zero-order valence-electron chi connectivity index (χ0n) is 18.0. The van der Waals surface area contributed by atoms with Crippen LogP contribution >= 0.6 is 0 Å². The van der Waals surface area contributed by atoms with Gasteiger partial charge in [0, 0.05) is 11.0 Å². The molecule has 4 aliphatic rings. The van der Waals surface area contributed by atoms with Crippen LogP contribution in [-0.4, -0.2) is 25.2 Å². The number of rotatable bonds is 6. The first-order valence-corrected chi connectivity index (χ1v) is 11.2. The van der Waals surface area contributed by atoms with E-state index in [1.165, 1.54) is 19.3 Å². The molecule has 4 bridgehead atoms. The van der Waals surface area contributed by atoms with Gasteiger partial charge in [-0.15, -0.1) is 0 Å². The fourth-order valence-electron chi connectivity index (χ4n) is 7.42. The molecule has 0 amide bonds. The Bertz CT molecular complexity index is 675. The van der Waals surface area contributed by atoms with Crippen molar-refractivity contribution >= 4 is 11.9 Å². The maximum atomic E-state index is 12.9. The van der Waals surface area contributed by atoms with E-state index in [0.29, 0.717) is 48.4 Å². The third kappa shape index (κ3) is 2.85. The zero-order chi connectivity index (χ0) is 20.3.